The Morgan fingerprint density at radius 2 is 0.527 bits per heavy atom. The molecule has 16 heteroatoms. The average molecular weight is 1020 g/mol. The Morgan fingerprint density at radius 1 is 0.324 bits per heavy atom. The molecule has 5 aromatic carbocycles. The summed E-state index contributed by atoms with van der Waals surface area (Å²) in [5, 5.41) is 0. The number of hydrogen-bond donors (Lipinski definition) is 0. The lowest BCUT2D eigenvalue weighted by Gasteiger charge is -2.25. The second-order valence-electron chi connectivity index (χ2n) is 18.0. The molecule has 0 spiro atoms. The van der Waals surface area contributed by atoms with Gasteiger partial charge in [0, 0.05) is 47.9 Å². The lowest BCUT2D eigenvalue weighted by molar-refractivity contribution is -0.183. The van der Waals surface area contributed by atoms with Crippen molar-refractivity contribution in [3.05, 3.63) is 176 Å². The van der Waals surface area contributed by atoms with Crippen LogP contribution < -0.4 is 0 Å². The van der Waals surface area contributed by atoms with E-state index in [-0.39, 0.29) is 74.4 Å². The third-order valence-corrected chi connectivity index (χ3v) is 13.0. The monoisotopic (exact) mass is 1010 g/mol. The summed E-state index contributed by atoms with van der Waals surface area (Å²) in [4.78, 5) is 57.5. The van der Waals surface area contributed by atoms with Gasteiger partial charge in [-0.05, 0) is 60.1 Å². The fourth-order valence-corrected chi connectivity index (χ4v) is 9.24. The van der Waals surface area contributed by atoms with Crippen LogP contribution in [-0.4, -0.2) is 103 Å². The summed E-state index contributed by atoms with van der Waals surface area (Å²) < 4.78 is 70.5. The van der Waals surface area contributed by atoms with Crippen LogP contribution in [-0.2, 0) is 82.5 Å². The van der Waals surface area contributed by atoms with Crippen molar-refractivity contribution in [1.82, 2.24) is 0 Å². The summed E-state index contributed by atoms with van der Waals surface area (Å²) in [6.07, 6.45) is 1.97. The Bertz CT molecular complexity index is 2320. The van der Waals surface area contributed by atoms with Crippen molar-refractivity contribution >= 4 is 23.9 Å². The van der Waals surface area contributed by atoms with E-state index in [9.17, 15) is 19.2 Å². The highest BCUT2D eigenvalue weighted by molar-refractivity contribution is 6.10. The molecule has 74 heavy (non-hydrogen) atoms. The van der Waals surface area contributed by atoms with Crippen LogP contribution in [0.25, 0.3) is 0 Å². The van der Waals surface area contributed by atoms with Gasteiger partial charge in [-0.3, -0.25) is 0 Å². The summed E-state index contributed by atoms with van der Waals surface area (Å²) >= 11 is 0. The van der Waals surface area contributed by atoms with Gasteiger partial charge in [0.25, 0.3) is 0 Å². The molecule has 0 aliphatic carbocycles. The third kappa shape index (κ3) is 13.7. The molecule has 0 N–H and O–H groups in total. The van der Waals surface area contributed by atoms with Gasteiger partial charge in [0.05, 0.1) is 102 Å². The number of carbonyl (C=O) groups excluding carboxylic acids is 4. The summed E-state index contributed by atoms with van der Waals surface area (Å²) in [6.45, 7) is 3.93. The number of carbonyl (C=O) groups is 4. The molecule has 0 atom stereocenters. The molecular weight excluding hydrogens is 953 g/mol. The van der Waals surface area contributed by atoms with Gasteiger partial charge in [0.2, 0.25) is 0 Å². The summed E-state index contributed by atoms with van der Waals surface area (Å²) in [7, 11) is 0. The summed E-state index contributed by atoms with van der Waals surface area (Å²) in [5.41, 5.74) is 5.34. The van der Waals surface area contributed by atoms with Gasteiger partial charge in [0.1, 0.15) is 0 Å². The van der Waals surface area contributed by atoms with E-state index in [1.165, 1.54) is 0 Å². The van der Waals surface area contributed by atoms with E-state index in [2.05, 4.69) is 0 Å². The molecule has 4 aliphatic heterocycles. The van der Waals surface area contributed by atoms with Crippen molar-refractivity contribution in [3.8, 4) is 0 Å². The van der Waals surface area contributed by atoms with E-state index in [1.54, 1.807) is 0 Å². The van der Waals surface area contributed by atoms with Crippen molar-refractivity contribution in [2.24, 2.45) is 0 Å². The molecule has 5 aromatic rings. The largest absolute Gasteiger partial charge is 0.462 e. The van der Waals surface area contributed by atoms with Gasteiger partial charge in [-0.1, -0.05) is 97.1 Å². The fourth-order valence-electron chi connectivity index (χ4n) is 9.24. The van der Waals surface area contributed by atoms with Crippen LogP contribution in [0.2, 0.25) is 0 Å². The Morgan fingerprint density at radius 3 is 0.743 bits per heavy atom. The smallest absolute Gasteiger partial charge is 0.339 e. The first kappa shape index (κ1) is 52.5. The van der Waals surface area contributed by atoms with E-state index in [0.29, 0.717) is 52.9 Å². The molecule has 4 fully saturated rings. The molecule has 4 heterocycles. The topological polar surface area (TPSA) is 179 Å². The van der Waals surface area contributed by atoms with Gasteiger partial charge >= 0.3 is 23.9 Å². The van der Waals surface area contributed by atoms with Crippen LogP contribution >= 0.6 is 0 Å². The van der Waals surface area contributed by atoms with E-state index < -0.39 is 49.0 Å². The molecule has 0 bridgehead atoms. The van der Waals surface area contributed by atoms with Gasteiger partial charge in [-0.25, -0.2) is 19.2 Å². The third-order valence-electron chi connectivity index (χ3n) is 13.0. The van der Waals surface area contributed by atoms with Crippen molar-refractivity contribution in [1.29, 1.82) is 0 Å². The molecule has 0 amide bonds. The van der Waals surface area contributed by atoms with Crippen molar-refractivity contribution in [2.45, 2.75) is 76.5 Å². The van der Waals surface area contributed by atoms with Crippen LogP contribution in [0.15, 0.2) is 109 Å². The van der Waals surface area contributed by atoms with Crippen LogP contribution in [0.4, 0.5) is 0 Å². The average Bonchev–Trinajstić information content (AvgIpc) is 3.46. The van der Waals surface area contributed by atoms with Gasteiger partial charge in [0.15, 0.2) is 25.2 Å². The maximum absolute atomic E-state index is 14.4. The number of benzene rings is 5. The minimum atomic E-state index is -0.935. The number of hydrogen-bond acceptors (Lipinski definition) is 16. The zero-order chi connectivity index (χ0) is 50.9. The zero-order valence-electron chi connectivity index (χ0n) is 41.4. The van der Waals surface area contributed by atoms with Gasteiger partial charge in [-0.2, -0.15) is 0 Å². The van der Waals surface area contributed by atoms with Gasteiger partial charge in [-0.15, -0.1) is 0 Å². The first-order chi connectivity index (χ1) is 36.4. The van der Waals surface area contributed by atoms with E-state index in [0.717, 1.165) is 82.3 Å². The number of rotatable bonds is 20. The molecule has 4 aliphatic rings. The highest BCUT2D eigenvalue weighted by atomic mass is 16.7. The lowest BCUT2D eigenvalue weighted by Crippen LogP contribution is -2.23. The lowest BCUT2D eigenvalue weighted by atomic mass is 9.97. The molecule has 16 nitrogen and oxygen atoms in total. The minimum Gasteiger partial charge on any atom is -0.462 e. The zero-order valence-corrected chi connectivity index (χ0v) is 41.4. The molecule has 0 unspecified atom stereocenters. The maximum atomic E-state index is 14.4. The van der Waals surface area contributed by atoms with E-state index >= 15 is 0 Å². The maximum Gasteiger partial charge on any atom is 0.339 e. The van der Waals surface area contributed by atoms with Gasteiger partial charge < -0.3 is 56.8 Å². The number of esters is 4. The van der Waals surface area contributed by atoms with Crippen molar-refractivity contribution in [3.63, 3.8) is 0 Å². The highest BCUT2D eigenvalue weighted by Crippen LogP contribution is 2.31. The Balaban J connectivity index is 0.991. The molecule has 390 valence electrons. The van der Waals surface area contributed by atoms with E-state index in [1.807, 2.05) is 97.1 Å². The van der Waals surface area contributed by atoms with Crippen molar-refractivity contribution < 1.29 is 76.0 Å². The molecule has 0 saturated carbocycles. The van der Waals surface area contributed by atoms with Crippen LogP contribution in [0.3, 0.4) is 0 Å². The predicted molar refractivity (Wildman–Crippen MR) is 265 cm³/mol. The fraction of sp³-hybridized carbons (Fsp3) is 0.414. The van der Waals surface area contributed by atoms with Crippen LogP contribution in [0, 0.1) is 0 Å². The molecule has 0 radical (unpaired) electrons. The molecule has 4 saturated heterocycles. The highest BCUT2D eigenvalue weighted by Gasteiger charge is 2.31. The Kier molecular flexibility index (Phi) is 19.0. The Labute approximate surface area is 430 Å². The van der Waals surface area contributed by atoms with Crippen LogP contribution in [0.1, 0.15) is 137 Å². The molecule has 9 rings (SSSR count). The first-order valence-electron chi connectivity index (χ1n) is 25.5. The molecule has 0 aromatic heterocycles. The normalized spacial score (nSPS) is 17.1. The van der Waals surface area contributed by atoms with Crippen molar-refractivity contribution in [2.75, 3.05) is 79.3 Å². The first-order valence-corrected chi connectivity index (χ1v) is 25.5. The standard InChI is InChI=1S/C58H62O16/c59-51(63-33-21-39-13-1-5-17-43(39)55-67-25-9-26-68-55)47-37-49(53(61)65-35-23-41-15-3-7-19-45(41)57-71-29-11-30-72-57)50(54(62)66-36-24-42-16-4-8-20-46(42)58-73-31-12-32-74-58)38-48(47)52(60)64-34-22-40-14-2-6-18-44(40)56-69-27-10-28-70-56/h1-8,13-20,37-38,55-58H,9-12,21-36H2. The second-order valence-corrected chi connectivity index (χ2v) is 18.0. The second kappa shape index (κ2) is 26.7. The predicted octanol–water partition coefficient (Wildman–Crippen LogP) is 9.03. The summed E-state index contributed by atoms with van der Waals surface area (Å²) in [6, 6.07) is 32.5. The van der Waals surface area contributed by atoms with E-state index in [4.69, 9.17) is 56.8 Å². The van der Waals surface area contributed by atoms with Crippen LogP contribution in [0.5, 0.6) is 0 Å². The SMILES string of the molecule is O=C(OCCc1ccccc1C1OCCCO1)c1cc(C(=O)OCCc2ccccc2C2OCCCO2)c(C(=O)OCCc2ccccc2C2OCCCO2)cc1C(=O)OCCc1ccccc1C1OCCCO1. The molecular formula is C58H62O16. The summed E-state index contributed by atoms with van der Waals surface area (Å²) in [5.74, 6) is -3.74. The quantitative estimate of drug-likeness (QED) is 0.0532. The number of ether oxygens (including phenoxy) is 12. The Hall–Kier alpha value is -6.34. The minimum absolute atomic E-state index is 0.116.